The number of aromatic nitrogens is 1. The van der Waals surface area contributed by atoms with Gasteiger partial charge < -0.3 is 18.3 Å². The molecule has 0 radical (unpaired) electrons. The molecule has 4 heteroatoms. The van der Waals surface area contributed by atoms with Crippen LogP contribution in [0.2, 0.25) is 0 Å². The molecule has 0 fully saturated rings. The Kier molecular flexibility index (Phi) is 9.35. The second-order valence-electron chi connectivity index (χ2n) is 25.3. The van der Waals surface area contributed by atoms with Crippen molar-refractivity contribution in [2.75, 3.05) is 4.90 Å². The third-order valence-corrected chi connectivity index (χ3v) is 19.5. The number of aryl methyl sites for hydroxylation is 3. The number of fused-ring (bicyclic) bond motifs is 22. The molecule has 17 rings (SSSR count). The first-order chi connectivity index (χ1) is 39.7. The number of anilines is 3. The minimum atomic E-state index is -0.387. The van der Waals surface area contributed by atoms with E-state index in [1.807, 2.05) is 0 Å². The summed E-state index contributed by atoms with van der Waals surface area (Å²) in [5.74, 6) is 0. The van der Waals surface area contributed by atoms with Crippen LogP contribution >= 0.6 is 0 Å². The first-order valence-corrected chi connectivity index (χ1v) is 29.1. The van der Waals surface area contributed by atoms with Crippen LogP contribution in [0.25, 0.3) is 116 Å². The first-order valence-electron chi connectivity index (χ1n) is 29.1. The van der Waals surface area contributed by atoms with E-state index in [0.29, 0.717) is 0 Å². The van der Waals surface area contributed by atoms with Crippen LogP contribution in [0.15, 0.2) is 209 Å². The molecule has 0 atom stereocenters. The van der Waals surface area contributed by atoms with Crippen molar-refractivity contribution >= 4 is 82.7 Å². The standard InChI is InChI=1S/C78H60N2O2/c1-43-38-44(2)73(45(3)39-43)79(48-35-37-52-59(41-48)78(8,9)71-67(52)69-55-27-16-20-33-64(55)82-75(69)70-50-24-13-17-29-57(50)77(6,7)72(70)71)47-34-36-51-58(40-47)76(4,5)60-42-56(74-68(66(51)60)54-26-15-19-32-63(54)81-74)49-28-21-31-62-65(49)53-25-14-18-30-61(53)80(62)46-22-11-10-12-23-46/h10-42H,1-9H3. The van der Waals surface area contributed by atoms with E-state index in [2.05, 4.69) is 272 Å². The quantitative estimate of drug-likeness (QED) is 0.172. The Bertz CT molecular complexity index is 5150. The minimum absolute atomic E-state index is 0.243. The molecule has 0 bridgehead atoms. The normalized spacial score (nSPS) is 14.9. The van der Waals surface area contributed by atoms with Gasteiger partial charge in [-0.15, -0.1) is 0 Å². The number of benzene rings is 11. The maximum absolute atomic E-state index is 7.16. The molecule has 0 saturated carbocycles. The molecule has 3 aromatic heterocycles. The van der Waals surface area contributed by atoms with Gasteiger partial charge in [-0.2, -0.15) is 0 Å². The van der Waals surface area contributed by atoms with Gasteiger partial charge in [0.2, 0.25) is 0 Å². The Hall–Kier alpha value is -9.38. The molecule has 82 heavy (non-hydrogen) atoms. The Balaban J connectivity index is 0.883. The molecule has 4 nitrogen and oxygen atoms in total. The fraction of sp³-hybridized carbons (Fsp3) is 0.154. The van der Waals surface area contributed by atoms with Crippen molar-refractivity contribution in [1.29, 1.82) is 0 Å². The lowest BCUT2D eigenvalue weighted by Crippen LogP contribution is -2.24. The van der Waals surface area contributed by atoms with Gasteiger partial charge >= 0.3 is 0 Å². The van der Waals surface area contributed by atoms with Crippen molar-refractivity contribution in [2.24, 2.45) is 0 Å². The fourth-order valence-corrected chi connectivity index (χ4v) is 16.1. The molecule has 0 unspecified atom stereocenters. The molecule has 3 aliphatic rings. The Morgan fingerprint density at radius 2 is 0.890 bits per heavy atom. The van der Waals surface area contributed by atoms with E-state index in [0.717, 1.165) is 50.3 Å². The average Bonchev–Trinajstić information content (AvgIpc) is 1.82. The number of nitrogens with zero attached hydrogens (tertiary/aromatic N) is 2. The van der Waals surface area contributed by atoms with Crippen molar-refractivity contribution in [3.8, 4) is 50.2 Å². The van der Waals surface area contributed by atoms with Crippen LogP contribution in [0, 0.1) is 20.8 Å². The SMILES string of the molecule is Cc1cc(C)c(N(c2ccc3c(c2)C(C)(C)c2cc(-c4cccc5c4c4ccccc4n5-c4ccccc4)c4oc5ccccc5c4c2-3)c2ccc3c(c2)C(C)(C)c2c4c(c5oc6ccccc6c5c2-3)-c2ccccc2C4(C)C)c(C)c1. The molecular formula is C78H60N2O2. The summed E-state index contributed by atoms with van der Waals surface area (Å²) in [6, 6.07) is 74.5. The van der Waals surface area contributed by atoms with Gasteiger partial charge in [0, 0.05) is 76.8 Å². The predicted molar refractivity (Wildman–Crippen MR) is 342 cm³/mol. The summed E-state index contributed by atoms with van der Waals surface area (Å²) in [6.07, 6.45) is 0. The lowest BCUT2D eigenvalue weighted by atomic mass is 9.72. The van der Waals surface area contributed by atoms with Crippen LogP contribution in [0.4, 0.5) is 17.1 Å². The van der Waals surface area contributed by atoms with Crippen molar-refractivity contribution in [3.63, 3.8) is 0 Å². The highest BCUT2D eigenvalue weighted by Gasteiger charge is 2.49. The van der Waals surface area contributed by atoms with E-state index in [1.54, 1.807) is 0 Å². The summed E-state index contributed by atoms with van der Waals surface area (Å²) in [5, 5.41) is 7.14. The molecule has 0 spiro atoms. The van der Waals surface area contributed by atoms with E-state index in [9.17, 15) is 0 Å². The Morgan fingerprint density at radius 3 is 1.60 bits per heavy atom. The fourth-order valence-electron chi connectivity index (χ4n) is 16.1. The molecule has 0 aliphatic heterocycles. The molecular weight excluding hydrogens is 997 g/mol. The summed E-state index contributed by atoms with van der Waals surface area (Å²) >= 11 is 0. The largest absolute Gasteiger partial charge is 0.455 e. The third kappa shape index (κ3) is 6.01. The van der Waals surface area contributed by atoms with Crippen LogP contribution < -0.4 is 4.90 Å². The summed E-state index contributed by atoms with van der Waals surface area (Å²) in [5.41, 5.74) is 31.5. The molecule has 0 saturated heterocycles. The van der Waals surface area contributed by atoms with Crippen LogP contribution in [0.3, 0.4) is 0 Å². The molecule has 11 aromatic carbocycles. The van der Waals surface area contributed by atoms with Gasteiger partial charge in [0.15, 0.2) is 0 Å². The zero-order chi connectivity index (χ0) is 55.5. The highest BCUT2D eigenvalue weighted by atomic mass is 16.3. The van der Waals surface area contributed by atoms with E-state index in [-0.39, 0.29) is 16.2 Å². The summed E-state index contributed by atoms with van der Waals surface area (Å²) in [4.78, 5) is 2.56. The molecule has 394 valence electrons. The number of rotatable bonds is 5. The predicted octanol–water partition coefficient (Wildman–Crippen LogP) is 21.6. The highest BCUT2D eigenvalue weighted by Crippen LogP contribution is 2.64. The monoisotopic (exact) mass is 1060 g/mol. The maximum Gasteiger partial charge on any atom is 0.144 e. The molecule has 14 aromatic rings. The molecule has 3 heterocycles. The van der Waals surface area contributed by atoms with E-state index in [1.165, 1.54) is 133 Å². The Labute approximate surface area is 477 Å². The molecule has 3 aliphatic carbocycles. The molecule has 0 N–H and O–H groups in total. The minimum Gasteiger partial charge on any atom is -0.455 e. The van der Waals surface area contributed by atoms with E-state index < -0.39 is 0 Å². The lowest BCUT2D eigenvalue weighted by Gasteiger charge is -2.33. The Morgan fingerprint density at radius 1 is 0.366 bits per heavy atom. The van der Waals surface area contributed by atoms with Crippen LogP contribution in [-0.2, 0) is 16.2 Å². The topological polar surface area (TPSA) is 34.5 Å². The van der Waals surface area contributed by atoms with Crippen molar-refractivity contribution in [3.05, 3.63) is 250 Å². The number of hydrogen-bond donors (Lipinski definition) is 0. The zero-order valence-electron chi connectivity index (χ0n) is 47.8. The summed E-state index contributed by atoms with van der Waals surface area (Å²) in [6.45, 7) is 21.4. The van der Waals surface area contributed by atoms with Gasteiger partial charge in [0.25, 0.3) is 0 Å². The number of furan rings is 2. The van der Waals surface area contributed by atoms with Crippen molar-refractivity contribution in [1.82, 2.24) is 4.57 Å². The van der Waals surface area contributed by atoms with Crippen LogP contribution in [-0.4, -0.2) is 4.57 Å². The van der Waals surface area contributed by atoms with E-state index in [4.69, 9.17) is 8.83 Å². The average molecular weight is 1060 g/mol. The number of hydrogen-bond acceptors (Lipinski definition) is 3. The first kappa shape index (κ1) is 47.4. The highest BCUT2D eigenvalue weighted by molar-refractivity contribution is 6.24. The second-order valence-corrected chi connectivity index (χ2v) is 25.3. The van der Waals surface area contributed by atoms with Gasteiger partial charge in [0.05, 0.1) is 16.7 Å². The van der Waals surface area contributed by atoms with Gasteiger partial charge in [-0.1, -0.05) is 181 Å². The summed E-state index contributed by atoms with van der Waals surface area (Å²) < 4.78 is 16.6. The van der Waals surface area contributed by atoms with Crippen LogP contribution in [0.5, 0.6) is 0 Å². The van der Waals surface area contributed by atoms with E-state index >= 15 is 0 Å². The number of para-hydroxylation sites is 4. The third-order valence-electron chi connectivity index (χ3n) is 19.5. The van der Waals surface area contributed by atoms with Crippen molar-refractivity contribution < 1.29 is 8.83 Å². The van der Waals surface area contributed by atoms with Gasteiger partial charge in [-0.05, 0) is 165 Å². The second kappa shape index (κ2) is 16.2. The van der Waals surface area contributed by atoms with Crippen LogP contribution in [0.1, 0.15) is 91.6 Å². The zero-order valence-corrected chi connectivity index (χ0v) is 47.8. The maximum atomic E-state index is 7.16. The van der Waals surface area contributed by atoms with Gasteiger partial charge in [-0.25, -0.2) is 0 Å². The summed E-state index contributed by atoms with van der Waals surface area (Å²) in [7, 11) is 0. The van der Waals surface area contributed by atoms with Gasteiger partial charge in [-0.3, -0.25) is 0 Å². The smallest absolute Gasteiger partial charge is 0.144 e. The lowest BCUT2D eigenvalue weighted by molar-refractivity contribution is 0.600. The molecule has 0 amide bonds. The van der Waals surface area contributed by atoms with Crippen molar-refractivity contribution in [2.45, 2.75) is 78.6 Å². The van der Waals surface area contributed by atoms with Gasteiger partial charge in [0.1, 0.15) is 22.3 Å².